The number of piperidine rings is 1. The van der Waals surface area contributed by atoms with Gasteiger partial charge in [0.1, 0.15) is 12.1 Å². The summed E-state index contributed by atoms with van der Waals surface area (Å²) in [4.78, 5) is 21.8. The molecule has 2 aromatic rings. The molecule has 0 aliphatic carbocycles. The van der Waals surface area contributed by atoms with Gasteiger partial charge in [-0.2, -0.15) is 0 Å². The number of nitrogens with zero attached hydrogens (tertiary/aromatic N) is 6. The van der Waals surface area contributed by atoms with Crippen molar-refractivity contribution >= 4 is 5.82 Å². The van der Waals surface area contributed by atoms with Gasteiger partial charge in [0.05, 0.1) is 11.4 Å². The average molecular weight is 298 g/mol. The molecule has 22 heavy (non-hydrogen) atoms. The van der Waals surface area contributed by atoms with Gasteiger partial charge in [-0.15, -0.1) is 0 Å². The number of hydrogen-bond acceptors (Lipinski definition) is 6. The Balaban J connectivity index is 1.55. The van der Waals surface area contributed by atoms with E-state index in [0.29, 0.717) is 6.04 Å². The average Bonchev–Trinajstić information content (AvgIpc) is 2.58. The highest BCUT2D eigenvalue weighted by atomic mass is 15.2. The van der Waals surface area contributed by atoms with Crippen molar-refractivity contribution in [3.05, 3.63) is 42.4 Å². The number of rotatable bonds is 4. The van der Waals surface area contributed by atoms with E-state index in [-0.39, 0.29) is 0 Å². The van der Waals surface area contributed by atoms with Gasteiger partial charge in [0, 0.05) is 51.3 Å². The number of hydrogen-bond donors (Lipinski definition) is 0. The third-order valence-corrected chi connectivity index (χ3v) is 4.39. The van der Waals surface area contributed by atoms with Gasteiger partial charge in [0.25, 0.3) is 0 Å². The smallest absolute Gasteiger partial charge is 0.131 e. The van der Waals surface area contributed by atoms with Crippen LogP contribution in [0.1, 0.15) is 24.2 Å². The van der Waals surface area contributed by atoms with Crippen LogP contribution in [0.25, 0.3) is 0 Å². The van der Waals surface area contributed by atoms with E-state index >= 15 is 0 Å². The van der Waals surface area contributed by atoms with Crippen molar-refractivity contribution in [2.45, 2.75) is 32.4 Å². The molecule has 3 heterocycles. The molecule has 6 nitrogen and oxygen atoms in total. The van der Waals surface area contributed by atoms with Crippen LogP contribution >= 0.6 is 0 Å². The summed E-state index contributed by atoms with van der Waals surface area (Å²) in [5.74, 6) is 0.998. The number of likely N-dealkylation sites (tertiary alicyclic amines) is 1. The normalized spacial score (nSPS) is 16.6. The first-order valence-electron chi connectivity index (χ1n) is 7.71. The van der Waals surface area contributed by atoms with Crippen LogP contribution in [0.3, 0.4) is 0 Å². The van der Waals surface area contributed by atoms with Gasteiger partial charge in [-0.05, 0) is 25.8 Å². The van der Waals surface area contributed by atoms with Crippen LogP contribution in [0.2, 0.25) is 0 Å². The second-order valence-corrected chi connectivity index (χ2v) is 5.77. The van der Waals surface area contributed by atoms with Crippen LogP contribution in [0.5, 0.6) is 0 Å². The number of aryl methyl sites for hydroxylation is 1. The summed E-state index contributed by atoms with van der Waals surface area (Å²) in [6, 6.07) is 2.50. The third kappa shape index (κ3) is 3.39. The molecule has 0 amide bonds. The first kappa shape index (κ1) is 14.8. The predicted molar refractivity (Wildman–Crippen MR) is 85.5 cm³/mol. The van der Waals surface area contributed by atoms with Crippen molar-refractivity contribution in [2.24, 2.45) is 0 Å². The first-order valence-corrected chi connectivity index (χ1v) is 7.71. The number of anilines is 1. The topological polar surface area (TPSA) is 58.0 Å². The Hall–Kier alpha value is -2.08. The lowest BCUT2D eigenvalue weighted by Gasteiger charge is -2.37. The van der Waals surface area contributed by atoms with Crippen molar-refractivity contribution in [3.8, 4) is 0 Å². The molecule has 0 radical (unpaired) electrons. The predicted octanol–water partition coefficient (Wildman–Crippen LogP) is 1.68. The maximum absolute atomic E-state index is 4.44. The monoisotopic (exact) mass is 298 g/mol. The van der Waals surface area contributed by atoms with Crippen molar-refractivity contribution in [3.63, 3.8) is 0 Å². The van der Waals surface area contributed by atoms with E-state index in [9.17, 15) is 0 Å². The Labute approximate surface area is 131 Å². The van der Waals surface area contributed by atoms with E-state index in [2.05, 4.69) is 36.8 Å². The minimum absolute atomic E-state index is 0.536. The molecule has 0 atom stereocenters. The summed E-state index contributed by atoms with van der Waals surface area (Å²) in [6.45, 7) is 5.08. The van der Waals surface area contributed by atoms with E-state index in [1.807, 2.05) is 13.0 Å². The molecule has 1 saturated heterocycles. The van der Waals surface area contributed by atoms with Crippen molar-refractivity contribution in [1.82, 2.24) is 24.8 Å². The molecule has 0 aromatic carbocycles. The van der Waals surface area contributed by atoms with Crippen molar-refractivity contribution in [1.29, 1.82) is 0 Å². The van der Waals surface area contributed by atoms with Gasteiger partial charge in [-0.3, -0.25) is 14.9 Å². The van der Waals surface area contributed by atoms with Crippen LogP contribution in [-0.2, 0) is 6.54 Å². The standard InChI is InChI=1S/C16H22N6/c1-13-15(19-8-7-18-13)11-22-9-4-14(5-10-22)21(2)16-3-6-17-12-20-16/h3,6-8,12,14H,4-5,9-11H2,1-2H3. The summed E-state index contributed by atoms with van der Waals surface area (Å²) >= 11 is 0. The lowest BCUT2D eigenvalue weighted by molar-refractivity contribution is 0.200. The second-order valence-electron chi connectivity index (χ2n) is 5.77. The summed E-state index contributed by atoms with van der Waals surface area (Å²) in [5, 5.41) is 0. The Morgan fingerprint density at radius 2 is 1.91 bits per heavy atom. The highest BCUT2D eigenvalue weighted by molar-refractivity contribution is 5.36. The Kier molecular flexibility index (Phi) is 4.58. The van der Waals surface area contributed by atoms with Crippen molar-refractivity contribution in [2.75, 3.05) is 25.0 Å². The van der Waals surface area contributed by atoms with E-state index in [4.69, 9.17) is 0 Å². The highest BCUT2D eigenvalue weighted by Crippen LogP contribution is 2.21. The second kappa shape index (κ2) is 6.79. The molecule has 1 fully saturated rings. The zero-order valence-electron chi connectivity index (χ0n) is 13.2. The third-order valence-electron chi connectivity index (χ3n) is 4.39. The SMILES string of the molecule is Cc1nccnc1CN1CCC(N(C)c2ccncn2)CC1. The quantitative estimate of drug-likeness (QED) is 0.856. The Morgan fingerprint density at radius 3 is 2.59 bits per heavy atom. The van der Waals surface area contributed by atoms with Crippen LogP contribution in [0.15, 0.2) is 31.0 Å². The van der Waals surface area contributed by atoms with E-state index < -0.39 is 0 Å². The van der Waals surface area contributed by atoms with Gasteiger partial charge in [-0.25, -0.2) is 9.97 Å². The minimum atomic E-state index is 0.536. The molecule has 6 heteroatoms. The molecular weight excluding hydrogens is 276 g/mol. The van der Waals surface area contributed by atoms with Gasteiger partial charge in [0.2, 0.25) is 0 Å². The van der Waals surface area contributed by atoms with Crippen LogP contribution < -0.4 is 4.90 Å². The summed E-state index contributed by atoms with van der Waals surface area (Å²) in [6.07, 6.45) is 9.21. The number of aromatic nitrogens is 4. The molecule has 2 aromatic heterocycles. The molecule has 0 spiro atoms. The van der Waals surface area contributed by atoms with Crippen molar-refractivity contribution < 1.29 is 0 Å². The molecule has 116 valence electrons. The zero-order valence-corrected chi connectivity index (χ0v) is 13.2. The molecule has 0 N–H and O–H groups in total. The van der Waals surface area contributed by atoms with E-state index in [0.717, 1.165) is 49.7 Å². The minimum Gasteiger partial charge on any atom is -0.356 e. The molecule has 1 aliphatic rings. The maximum Gasteiger partial charge on any atom is 0.131 e. The van der Waals surface area contributed by atoms with Gasteiger partial charge < -0.3 is 4.90 Å². The maximum atomic E-state index is 4.44. The molecule has 3 rings (SSSR count). The van der Waals surface area contributed by atoms with Crippen LogP contribution in [0.4, 0.5) is 5.82 Å². The lowest BCUT2D eigenvalue weighted by Crippen LogP contribution is -2.43. The van der Waals surface area contributed by atoms with Crippen LogP contribution in [0, 0.1) is 6.92 Å². The fourth-order valence-electron chi connectivity index (χ4n) is 2.95. The molecule has 1 aliphatic heterocycles. The van der Waals surface area contributed by atoms with Crippen LogP contribution in [-0.4, -0.2) is 51.0 Å². The van der Waals surface area contributed by atoms with Gasteiger partial charge in [0.15, 0.2) is 0 Å². The highest BCUT2D eigenvalue weighted by Gasteiger charge is 2.23. The fraction of sp³-hybridized carbons (Fsp3) is 0.500. The molecule has 0 saturated carbocycles. The Bertz CT molecular complexity index is 595. The van der Waals surface area contributed by atoms with Gasteiger partial charge >= 0.3 is 0 Å². The molecular formula is C16H22N6. The summed E-state index contributed by atoms with van der Waals surface area (Å²) < 4.78 is 0. The van der Waals surface area contributed by atoms with E-state index in [1.165, 1.54) is 0 Å². The molecule has 0 bridgehead atoms. The van der Waals surface area contributed by atoms with Gasteiger partial charge in [-0.1, -0.05) is 0 Å². The zero-order chi connectivity index (χ0) is 15.4. The van der Waals surface area contributed by atoms with E-state index in [1.54, 1.807) is 24.9 Å². The lowest BCUT2D eigenvalue weighted by atomic mass is 10.0. The first-order chi connectivity index (χ1) is 10.7. The Morgan fingerprint density at radius 1 is 1.14 bits per heavy atom. The fourth-order valence-corrected chi connectivity index (χ4v) is 2.95. The summed E-state index contributed by atoms with van der Waals surface area (Å²) in [7, 11) is 2.12. The largest absolute Gasteiger partial charge is 0.356 e. The molecule has 0 unspecified atom stereocenters. The summed E-state index contributed by atoms with van der Waals surface area (Å²) in [5.41, 5.74) is 2.12.